The van der Waals surface area contributed by atoms with Crippen molar-refractivity contribution in [3.8, 4) is 18.4 Å². The van der Waals surface area contributed by atoms with Gasteiger partial charge in [0.15, 0.2) is 11.5 Å². The van der Waals surface area contributed by atoms with E-state index in [0.29, 0.717) is 0 Å². The third-order valence-corrected chi connectivity index (χ3v) is 2.48. The first-order chi connectivity index (χ1) is 9.94. The maximum Gasteiger partial charge on any atom is 0.416 e. The highest BCUT2D eigenvalue weighted by Gasteiger charge is 2.30. The third-order valence-electron chi connectivity index (χ3n) is 2.48. The molecule has 0 bridgehead atoms. The number of terminal acetylenes is 1. The Labute approximate surface area is 118 Å². The maximum absolute atomic E-state index is 12.6. The smallest absolute Gasteiger partial charge is 0.338 e. The molecule has 2 rings (SSSR count). The summed E-state index contributed by atoms with van der Waals surface area (Å²) in [6.45, 7) is 0. The van der Waals surface area contributed by atoms with Crippen LogP contribution in [0, 0.1) is 23.7 Å². The van der Waals surface area contributed by atoms with Crippen molar-refractivity contribution < 1.29 is 13.2 Å². The number of hydrogen-bond acceptors (Lipinski definition) is 4. The van der Waals surface area contributed by atoms with Crippen molar-refractivity contribution in [3.63, 3.8) is 0 Å². The number of alkyl halides is 3. The lowest BCUT2D eigenvalue weighted by atomic mass is 10.2. The molecule has 0 spiro atoms. The van der Waals surface area contributed by atoms with Crippen molar-refractivity contribution >= 4 is 11.5 Å². The predicted octanol–water partition coefficient (Wildman–Crippen LogP) is 3.09. The maximum atomic E-state index is 12.6. The van der Waals surface area contributed by atoms with E-state index < -0.39 is 11.7 Å². The Bertz CT molecular complexity index is 754. The van der Waals surface area contributed by atoms with Crippen LogP contribution < -0.4 is 5.32 Å². The first kappa shape index (κ1) is 14.4. The van der Waals surface area contributed by atoms with Gasteiger partial charge in [-0.1, -0.05) is 6.07 Å². The first-order valence-corrected chi connectivity index (χ1v) is 5.62. The monoisotopic (exact) mass is 288 g/mol. The Morgan fingerprint density at radius 1 is 1.29 bits per heavy atom. The van der Waals surface area contributed by atoms with E-state index in [1.54, 1.807) is 6.07 Å². The third kappa shape index (κ3) is 3.28. The number of nitriles is 1. The van der Waals surface area contributed by atoms with Crippen LogP contribution in [0.3, 0.4) is 0 Å². The molecule has 0 aliphatic carbocycles. The minimum Gasteiger partial charge on any atom is -0.338 e. The van der Waals surface area contributed by atoms with Gasteiger partial charge in [-0.2, -0.15) is 18.4 Å². The van der Waals surface area contributed by atoms with Crippen LogP contribution in [-0.4, -0.2) is 9.97 Å². The van der Waals surface area contributed by atoms with E-state index in [4.69, 9.17) is 11.7 Å². The van der Waals surface area contributed by atoms with Crippen LogP contribution in [0.2, 0.25) is 0 Å². The molecule has 1 heterocycles. The van der Waals surface area contributed by atoms with Gasteiger partial charge in [-0.3, -0.25) is 0 Å². The molecule has 104 valence electrons. The zero-order chi connectivity index (χ0) is 15.5. The Morgan fingerprint density at radius 2 is 2.05 bits per heavy atom. The number of halogens is 3. The Balaban J connectivity index is 2.39. The second kappa shape index (κ2) is 5.51. The molecule has 0 amide bonds. The molecule has 7 heteroatoms. The van der Waals surface area contributed by atoms with Gasteiger partial charge in [0, 0.05) is 5.69 Å². The highest BCUT2D eigenvalue weighted by atomic mass is 19.4. The van der Waals surface area contributed by atoms with Crippen LogP contribution in [0.5, 0.6) is 0 Å². The van der Waals surface area contributed by atoms with Crippen LogP contribution in [0.15, 0.2) is 30.5 Å². The average molecular weight is 288 g/mol. The van der Waals surface area contributed by atoms with E-state index in [-0.39, 0.29) is 22.9 Å². The van der Waals surface area contributed by atoms with Crippen LogP contribution >= 0.6 is 0 Å². The molecular formula is C14H7F3N4. The van der Waals surface area contributed by atoms with Gasteiger partial charge >= 0.3 is 6.18 Å². The zero-order valence-corrected chi connectivity index (χ0v) is 10.4. The number of aromatic nitrogens is 2. The fourth-order valence-corrected chi connectivity index (χ4v) is 1.54. The van der Waals surface area contributed by atoms with Crippen LogP contribution in [-0.2, 0) is 6.18 Å². The molecule has 0 radical (unpaired) electrons. The quantitative estimate of drug-likeness (QED) is 0.863. The summed E-state index contributed by atoms with van der Waals surface area (Å²) in [4.78, 5) is 7.72. The molecule has 0 aliphatic rings. The van der Waals surface area contributed by atoms with E-state index in [1.165, 1.54) is 18.3 Å². The van der Waals surface area contributed by atoms with Crippen molar-refractivity contribution in [3.05, 3.63) is 47.4 Å². The zero-order valence-electron chi connectivity index (χ0n) is 10.4. The SMILES string of the molecule is C#Cc1cnc(C#N)c(Nc2cccc(C(F)(F)F)c2)n1. The minimum atomic E-state index is -4.46. The lowest BCUT2D eigenvalue weighted by molar-refractivity contribution is -0.137. The molecule has 0 saturated carbocycles. The van der Waals surface area contributed by atoms with Gasteiger partial charge in [0.05, 0.1) is 11.8 Å². The van der Waals surface area contributed by atoms with Crippen molar-refractivity contribution in [1.29, 1.82) is 5.26 Å². The summed E-state index contributed by atoms with van der Waals surface area (Å²) in [7, 11) is 0. The lowest BCUT2D eigenvalue weighted by Crippen LogP contribution is -2.06. The summed E-state index contributed by atoms with van der Waals surface area (Å²) < 4.78 is 37.9. The average Bonchev–Trinajstić information content (AvgIpc) is 2.46. The molecule has 1 N–H and O–H groups in total. The van der Waals surface area contributed by atoms with Gasteiger partial charge in [-0.25, -0.2) is 9.97 Å². The topological polar surface area (TPSA) is 61.6 Å². The number of nitrogens with one attached hydrogen (secondary N) is 1. The molecule has 1 aromatic heterocycles. The normalized spacial score (nSPS) is 10.5. The number of anilines is 2. The van der Waals surface area contributed by atoms with Gasteiger partial charge in [0.2, 0.25) is 0 Å². The molecule has 0 unspecified atom stereocenters. The molecule has 21 heavy (non-hydrogen) atoms. The van der Waals surface area contributed by atoms with Crippen molar-refractivity contribution in [2.75, 3.05) is 5.32 Å². The largest absolute Gasteiger partial charge is 0.416 e. The minimum absolute atomic E-state index is 0.00674. The summed E-state index contributed by atoms with van der Waals surface area (Å²) in [5.74, 6) is 2.24. The van der Waals surface area contributed by atoms with Gasteiger partial charge < -0.3 is 5.32 Å². The number of hydrogen-bond donors (Lipinski definition) is 1. The van der Waals surface area contributed by atoms with Gasteiger partial charge in [0.1, 0.15) is 11.8 Å². The lowest BCUT2D eigenvalue weighted by Gasteiger charge is -2.10. The molecular weight excluding hydrogens is 281 g/mol. The van der Waals surface area contributed by atoms with E-state index >= 15 is 0 Å². The van der Waals surface area contributed by atoms with Crippen LogP contribution in [0.1, 0.15) is 17.0 Å². The molecule has 4 nitrogen and oxygen atoms in total. The fourth-order valence-electron chi connectivity index (χ4n) is 1.54. The van der Waals surface area contributed by atoms with E-state index in [0.717, 1.165) is 12.1 Å². The second-order valence-corrected chi connectivity index (χ2v) is 3.91. The molecule has 0 saturated heterocycles. The summed E-state index contributed by atoms with van der Waals surface area (Å²) in [6.07, 6.45) is 1.95. The summed E-state index contributed by atoms with van der Waals surface area (Å²) in [5, 5.41) is 11.5. The number of rotatable bonds is 2. The standard InChI is InChI=1S/C14H7F3N4/c1-2-10-8-19-12(7-18)13(20-10)21-11-5-3-4-9(6-11)14(15,16)17/h1,3-6,8H,(H,20,21). The van der Waals surface area contributed by atoms with Crippen molar-refractivity contribution in [2.24, 2.45) is 0 Å². The predicted molar refractivity (Wildman–Crippen MR) is 69.4 cm³/mol. The number of nitrogens with zero attached hydrogens (tertiary/aromatic N) is 3. The Hall–Kier alpha value is -3.06. The first-order valence-electron chi connectivity index (χ1n) is 5.62. The Kier molecular flexibility index (Phi) is 3.77. The molecule has 0 atom stereocenters. The van der Waals surface area contributed by atoms with Gasteiger partial charge in [-0.05, 0) is 24.1 Å². The van der Waals surface area contributed by atoms with E-state index in [1.807, 2.05) is 0 Å². The molecule has 0 aliphatic heterocycles. The summed E-state index contributed by atoms with van der Waals surface area (Å²) in [5.41, 5.74) is -0.577. The van der Waals surface area contributed by atoms with Crippen molar-refractivity contribution in [1.82, 2.24) is 9.97 Å². The highest BCUT2D eigenvalue weighted by molar-refractivity contribution is 5.62. The van der Waals surface area contributed by atoms with Crippen molar-refractivity contribution in [2.45, 2.75) is 6.18 Å². The number of benzene rings is 1. The summed E-state index contributed by atoms with van der Waals surface area (Å²) >= 11 is 0. The summed E-state index contributed by atoms with van der Waals surface area (Å²) in [6, 6.07) is 6.30. The fraction of sp³-hybridized carbons (Fsp3) is 0.0714. The Morgan fingerprint density at radius 3 is 2.67 bits per heavy atom. The van der Waals surface area contributed by atoms with E-state index in [9.17, 15) is 13.2 Å². The molecule has 0 fully saturated rings. The van der Waals surface area contributed by atoms with Gasteiger partial charge in [0.25, 0.3) is 0 Å². The second-order valence-electron chi connectivity index (χ2n) is 3.91. The van der Waals surface area contributed by atoms with Crippen LogP contribution in [0.25, 0.3) is 0 Å². The molecule has 2 aromatic rings. The highest BCUT2D eigenvalue weighted by Crippen LogP contribution is 2.31. The van der Waals surface area contributed by atoms with Crippen LogP contribution in [0.4, 0.5) is 24.7 Å². The van der Waals surface area contributed by atoms with Gasteiger partial charge in [-0.15, -0.1) is 6.42 Å². The molecule has 1 aromatic carbocycles. The van der Waals surface area contributed by atoms with E-state index in [2.05, 4.69) is 21.2 Å².